The Labute approximate surface area is 157 Å². The van der Waals surface area contributed by atoms with Crippen molar-refractivity contribution < 1.29 is 14.0 Å². The molecule has 7 heteroatoms. The zero-order valence-electron chi connectivity index (χ0n) is 14.5. The molecule has 1 fully saturated rings. The number of piperidine rings is 1. The summed E-state index contributed by atoms with van der Waals surface area (Å²) >= 11 is 6.09. The van der Waals surface area contributed by atoms with Crippen molar-refractivity contribution in [1.82, 2.24) is 15.2 Å². The first-order valence-electron chi connectivity index (χ1n) is 8.81. The number of halogens is 1. The summed E-state index contributed by atoms with van der Waals surface area (Å²) in [5, 5.41) is 3.56. The van der Waals surface area contributed by atoms with Crippen molar-refractivity contribution in [3.63, 3.8) is 0 Å². The van der Waals surface area contributed by atoms with Crippen molar-refractivity contribution in [3.8, 4) is 0 Å². The third-order valence-electron chi connectivity index (χ3n) is 4.66. The van der Waals surface area contributed by atoms with Crippen LogP contribution in [-0.2, 0) is 11.3 Å². The van der Waals surface area contributed by atoms with Gasteiger partial charge in [0.2, 0.25) is 11.7 Å². The number of carbonyl (C=O) groups excluding carboxylic acids is 2. The van der Waals surface area contributed by atoms with Gasteiger partial charge in [0, 0.05) is 31.1 Å². The first-order valence-corrected chi connectivity index (χ1v) is 9.19. The second-order valence-electron chi connectivity index (χ2n) is 6.53. The molecule has 0 aliphatic carbocycles. The molecule has 6 nitrogen and oxygen atoms in total. The molecule has 138 valence electrons. The highest BCUT2D eigenvalue weighted by Crippen LogP contribution is 2.22. The Morgan fingerprint density at radius 2 is 2.19 bits per heavy atom. The molecule has 1 aliphatic heterocycles. The van der Waals surface area contributed by atoms with Crippen LogP contribution in [0, 0.1) is 5.92 Å². The lowest BCUT2D eigenvalue weighted by Gasteiger charge is -2.32. The van der Waals surface area contributed by atoms with Gasteiger partial charge in [0.1, 0.15) is 0 Å². The highest BCUT2D eigenvalue weighted by Gasteiger charge is 2.26. The molecule has 1 atom stereocenters. The lowest BCUT2D eigenvalue weighted by molar-refractivity contribution is -0.121. The lowest BCUT2D eigenvalue weighted by atomic mass is 9.93. The van der Waals surface area contributed by atoms with Crippen molar-refractivity contribution >= 4 is 23.4 Å². The predicted molar refractivity (Wildman–Crippen MR) is 97.7 cm³/mol. The Kier molecular flexibility index (Phi) is 6.28. The molecule has 0 unspecified atom stereocenters. The fourth-order valence-corrected chi connectivity index (χ4v) is 3.42. The van der Waals surface area contributed by atoms with E-state index in [4.69, 9.17) is 16.0 Å². The first kappa shape index (κ1) is 18.5. The van der Waals surface area contributed by atoms with E-state index in [1.807, 2.05) is 24.3 Å². The Morgan fingerprint density at radius 1 is 1.35 bits per heavy atom. The van der Waals surface area contributed by atoms with Crippen molar-refractivity contribution in [2.75, 3.05) is 13.1 Å². The van der Waals surface area contributed by atoms with Gasteiger partial charge in [-0.15, -0.1) is 0 Å². The first-order chi connectivity index (χ1) is 12.6. The monoisotopic (exact) mass is 375 g/mol. The van der Waals surface area contributed by atoms with Crippen molar-refractivity contribution in [2.24, 2.45) is 5.92 Å². The fraction of sp³-hybridized carbons (Fsp3) is 0.421. The van der Waals surface area contributed by atoms with Crippen molar-refractivity contribution in [2.45, 2.75) is 32.2 Å². The summed E-state index contributed by atoms with van der Waals surface area (Å²) in [6.07, 6.45) is 5.86. The number of amides is 2. The second kappa shape index (κ2) is 8.85. The van der Waals surface area contributed by atoms with Gasteiger partial charge in [0.25, 0.3) is 5.91 Å². The van der Waals surface area contributed by atoms with Crippen molar-refractivity contribution in [3.05, 3.63) is 53.2 Å². The highest BCUT2D eigenvalue weighted by atomic mass is 35.5. The van der Waals surface area contributed by atoms with E-state index in [1.54, 1.807) is 4.90 Å². The minimum Gasteiger partial charge on any atom is -0.438 e. The van der Waals surface area contributed by atoms with Crippen LogP contribution in [0.1, 0.15) is 41.8 Å². The number of aromatic nitrogens is 1. The molecule has 2 heterocycles. The minimum atomic E-state index is -0.129. The van der Waals surface area contributed by atoms with Crippen LogP contribution in [0.4, 0.5) is 0 Å². The Bertz CT molecular complexity index is 748. The molecule has 1 aliphatic rings. The van der Waals surface area contributed by atoms with Gasteiger partial charge in [0.15, 0.2) is 6.39 Å². The number of hydrogen-bond acceptors (Lipinski definition) is 4. The van der Waals surface area contributed by atoms with E-state index in [2.05, 4.69) is 10.3 Å². The number of carbonyl (C=O) groups is 2. The number of oxazole rings is 1. The Hall–Kier alpha value is -2.34. The van der Waals surface area contributed by atoms with E-state index in [0.29, 0.717) is 30.5 Å². The number of nitrogens with zero attached hydrogens (tertiary/aromatic N) is 2. The quantitative estimate of drug-likeness (QED) is 0.840. The topological polar surface area (TPSA) is 75.4 Å². The maximum atomic E-state index is 12.3. The van der Waals surface area contributed by atoms with E-state index in [0.717, 1.165) is 31.4 Å². The number of rotatable bonds is 6. The predicted octanol–water partition coefficient (Wildman–Crippen LogP) is 3.28. The largest absolute Gasteiger partial charge is 0.438 e. The summed E-state index contributed by atoms with van der Waals surface area (Å²) in [4.78, 5) is 30.0. The normalized spacial score (nSPS) is 17.1. The van der Waals surface area contributed by atoms with Crippen LogP contribution in [0.2, 0.25) is 5.02 Å². The molecule has 0 bridgehead atoms. The number of hydrogen-bond donors (Lipinski definition) is 1. The van der Waals surface area contributed by atoms with Gasteiger partial charge in [-0.2, -0.15) is 0 Å². The number of benzene rings is 1. The average molecular weight is 376 g/mol. The van der Waals surface area contributed by atoms with Gasteiger partial charge in [0.05, 0.1) is 6.20 Å². The van der Waals surface area contributed by atoms with Crippen LogP contribution < -0.4 is 5.32 Å². The third kappa shape index (κ3) is 4.85. The molecule has 1 saturated heterocycles. The Balaban J connectivity index is 1.43. The van der Waals surface area contributed by atoms with E-state index in [9.17, 15) is 9.59 Å². The maximum Gasteiger partial charge on any atom is 0.291 e. The molecule has 2 aromatic rings. The van der Waals surface area contributed by atoms with Gasteiger partial charge in [-0.25, -0.2) is 4.98 Å². The SMILES string of the molecule is O=C(CC[C@@H]1CCCN(C(=O)c2cnco2)C1)NCc1ccccc1Cl. The molecule has 1 aromatic carbocycles. The molecule has 1 N–H and O–H groups in total. The zero-order valence-corrected chi connectivity index (χ0v) is 15.2. The van der Waals surface area contributed by atoms with Crippen LogP contribution in [0.3, 0.4) is 0 Å². The summed E-state index contributed by atoms with van der Waals surface area (Å²) in [6, 6.07) is 7.47. The molecule has 0 spiro atoms. The van der Waals surface area contributed by atoms with Crippen LogP contribution in [0.25, 0.3) is 0 Å². The van der Waals surface area contributed by atoms with Crippen LogP contribution in [0.15, 0.2) is 41.3 Å². The van der Waals surface area contributed by atoms with Gasteiger partial charge >= 0.3 is 0 Å². The molecule has 1 aromatic heterocycles. The van der Waals surface area contributed by atoms with E-state index >= 15 is 0 Å². The summed E-state index contributed by atoms with van der Waals surface area (Å²) in [5.74, 6) is 0.462. The number of likely N-dealkylation sites (tertiary alicyclic amines) is 1. The molecular formula is C19H22ClN3O3. The van der Waals surface area contributed by atoms with Gasteiger partial charge in [-0.05, 0) is 36.8 Å². The highest BCUT2D eigenvalue weighted by molar-refractivity contribution is 6.31. The molecule has 26 heavy (non-hydrogen) atoms. The van der Waals surface area contributed by atoms with E-state index < -0.39 is 0 Å². The summed E-state index contributed by atoms with van der Waals surface area (Å²) in [7, 11) is 0. The fourth-order valence-electron chi connectivity index (χ4n) is 3.22. The molecule has 0 radical (unpaired) electrons. The average Bonchev–Trinajstić information content (AvgIpc) is 3.20. The van der Waals surface area contributed by atoms with Gasteiger partial charge in [-0.1, -0.05) is 29.8 Å². The third-order valence-corrected chi connectivity index (χ3v) is 5.03. The van der Waals surface area contributed by atoms with Crippen molar-refractivity contribution in [1.29, 1.82) is 0 Å². The lowest BCUT2D eigenvalue weighted by Crippen LogP contribution is -2.40. The van der Waals surface area contributed by atoms with Gasteiger partial charge < -0.3 is 14.6 Å². The second-order valence-corrected chi connectivity index (χ2v) is 6.94. The molecule has 3 rings (SSSR count). The van der Waals surface area contributed by atoms with Crippen LogP contribution >= 0.6 is 11.6 Å². The van der Waals surface area contributed by atoms with Crippen LogP contribution in [-0.4, -0.2) is 34.8 Å². The smallest absolute Gasteiger partial charge is 0.291 e. The molecule has 2 amide bonds. The molecular weight excluding hydrogens is 354 g/mol. The van der Waals surface area contributed by atoms with E-state index in [1.165, 1.54) is 12.6 Å². The van der Waals surface area contributed by atoms with Gasteiger partial charge in [-0.3, -0.25) is 9.59 Å². The standard InChI is InChI=1S/C19H22ClN3O3/c20-16-6-2-1-5-15(16)10-22-18(24)8-7-14-4-3-9-23(12-14)19(25)17-11-21-13-26-17/h1-2,5-6,11,13-14H,3-4,7-10,12H2,(H,22,24)/t14-/m0/s1. The van der Waals surface area contributed by atoms with Crippen LogP contribution in [0.5, 0.6) is 0 Å². The maximum absolute atomic E-state index is 12.3. The summed E-state index contributed by atoms with van der Waals surface area (Å²) in [6.45, 7) is 1.80. The summed E-state index contributed by atoms with van der Waals surface area (Å²) in [5.41, 5.74) is 0.906. The minimum absolute atomic E-state index is 0.00334. The van der Waals surface area contributed by atoms with E-state index in [-0.39, 0.29) is 17.6 Å². The molecule has 0 saturated carbocycles. The number of nitrogens with one attached hydrogen (secondary N) is 1. The zero-order chi connectivity index (χ0) is 18.4. The summed E-state index contributed by atoms with van der Waals surface area (Å²) < 4.78 is 5.09. The Morgan fingerprint density at radius 3 is 2.96 bits per heavy atom.